The van der Waals surface area contributed by atoms with Crippen molar-refractivity contribution in [1.82, 2.24) is 4.98 Å². The molecule has 0 unspecified atom stereocenters. The summed E-state index contributed by atoms with van der Waals surface area (Å²) >= 11 is 3.28. The molecule has 0 bridgehead atoms. The molecule has 0 atom stereocenters. The molecular weight excluding hydrogens is 254 g/mol. The zero-order chi connectivity index (χ0) is 12.3. The topological polar surface area (TPSA) is 50.2 Å². The highest BCUT2D eigenvalue weighted by Gasteiger charge is 2.19. The first kappa shape index (κ1) is 12.9. The van der Waals surface area contributed by atoms with E-state index in [9.17, 15) is 4.79 Å². The van der Waals surface area contributed by atoms with Crippen LogP contribution in [0.15, 0.2) is 0 Å². The lowest BCUT2D eigenvalue weighted by Gasteiger charge is -2.05. The molecule has 3 nitrogen and oxygen atoms in total. The van der Waals surface area contributed by atoms with Gasteiger partial charge in [0, 0.05) is 11.0 Å². The van der Waals surface area contributed by atoms with Gasteiger partial charge in [-0.25, -0.2) is 9.78 Å². The van der Waals surface area contributed by atoms with Gasteiger partial charge in [-0.2, -0.15) is 11.8 Å². The van der Waals surface area contributed by atoms with Crippen molar-refractivity contribution in [3.8, 4) is 0 Å². The van der Waals surface area contributed by atoms with Crippen molar-refractivity contribution in [3.05, 3.63) is 15.6 Å². The molecule has 1 heterocycles. The number of carbonyl (C=O) groups is 1. The minimum Gasteiger partial charge on any atom is -0.477 e. The Kier molecular flexibility index (Phi) is 4.45. The summed E-state index contributed by atoms with van der Waals surface area (Å²) in [6, 6.07) is 0. The van der Waals surface area contributed by atoms with E-state index in [0.717, 1.165) is 21.7 Å². The lowest BCUT2D eigenvalue weighted by Crippen LogP contribution is -1.97. The van der Waals surface area contributed by atoms with Gasteiger partial charge in [0.25, 0.3) is 0 Å². The third-order valence-corrected chi connectivity index (χ3v) is 5.67. The van der Waals surface area contributed by atoms with Crippen molar-refractivity contribution in [3.63, 3.8) is 0 Å². The molecule has 1 saturated carbocycles. The van der Waals surface area contributed by atoms with Gasteiger partial charge in [-0.05, 0) is 19.3 Å². The molecule has 1 aromatic heterocycles. The monoisotopic (exact) mass is 271 g/mol. The van der Waals surface area contributed by atoms with Crippen molar-refractivity contribution in [2.45, 2.75) is 50.0 Å². The second kappa shape index (κ2) is 5.87. The number of thioether (sulfide) groups is 1. The number of aromatic carboxylic acids is 1. The van der Waals surface area contributed by atoms with Crippen LogP contribution in [0, 0.1) is 0 Å². The van der Waals surface area contributed by atoms with Crippen molar-refractivity contribution in [2.24, 2.45) is 0 Å². The third kappa shape index (κ3) is 3.22. The van der Waals surface area contributed by atoms with E-state index < -0.39 is 5.97 Å². The van der Waals surface area contributed by atoms with E-state index in [1.54, 1.807) is 0 Å². The zero-order valence-corrected chi connectivity index (χ0v) is 11.6. The van der Waals surface area contributed by atoms with E-state index in [2.05, 4.69) is 4.98 Å². The number of rotatable bonds is 5. The Morgan fingerprint density at radius 3 is 2.76 bits per heavy atom. The highest BCUT2D eigenvalue weighted by atomic mass is 32.2. The normalized spacial score (nSPS) is 16.5. The van der Waals surface area contributed by atoms with Gasteiger partial charge in [0.1, 0.15) is 9.88 Å². The summed E-state index contributed by atoms with van der Waals surface area (Å²) in [4.78, 5) is 15.9. The Labute approximate surface area is 110 Å². The molecule has 1 aromatic rings. The molecule has 0 saturated heterocycles. The number of hydrogen-bond donors (Lipinski definition) is 1. The number of thiazole rings is 1. The molecule has 94 valence electrons. The molecule has 0 aromatic carbocycles. The Balaban J connectivity index is 1.98. The van der Waals surface area contributed by atoms with E-state index in [4.69, 9.17) is 5.11 Å². The van der Waals surface area contributed by atoms with Gasteiger partial charge >= 0.3 is 5.97 Å². The first-order valence-corrected chi connectivity index (χ1v) is 7.90. The van der Waals surface area contributed by atoms with Crippen LogP contribution in [0.4, 0.5) is 0 Å². The lowest BCUT2D eigenvalue weighted by molar-refractivity contribution is 0.0701. The Morgan fingerprint density at radius 2 is 2.24 bits per heavy atom. The molecule has 1 aliphatic rings. The lowest BCUT2D eigenvalue weighted by atomic mass is 10.3. The Hall–Kier alpha value is -0.550. The van der Waals surface area contributed by atoms with Crippen molar-refractivity contribution >= 4 is 29.1 Å². The number of carboxylic acids is 1. The van der Waals surface area contributed by atoms with Gasteiger partial charge in [0.2, 0.25) is 0 Å². The van der Waals surface area contributed by atoms with Gasteiger partial charge in [-0.15, -0.1) is 11.3 Å². The summed E-state index contributed by atoms with van der Waals surface area (Å²) < 4.78 is 0. The first-order chi connectivity index (χ1) is 8.20. The predicted molar refractivity (Wildman–Crippen MR) is 72.0 cm³/mol. The summed E-state index contributed by atoms with van der Waals surface area (Å²) in [6.45, 7) is 1.95. The van der Waals surface area contributed by atoms with Gasteiger partial charge < -0.3 is 5.11 Å². The molecule has 0 spiro atoms. The second-order valence-corrected chi connectivity index (χ2v) is 6.63. The fraction of sp³-hybridized carbons (Fsp3) is 0.667. The minimum absolute atomic E-state index is 0.425. The van der Waals surface area contributed by atoms with Crippen LogP contribution in [0.1, 0.15) is 53.0 Å². The standard InChI is InChI=1S/C12H17NO2S2/c1-2-9-11(12(14)15)17-10(13-9)7-16-8-5-3-4-6-8/h8H,2-7H2,1H3,(H,14,15). The number of nitrogens with zero attached hydrogens (tertiary/aromatic N) is 1. The average Bonchev–Trinajstić information content (AvgIpc) is 2.95. The SMILES string of the molecule is CCc1nc(CSC2CCCC2)sc1C(=O)O. The summed E-state index contributed by atoms with van der Waals surface area (Å²) in [6.07, 6.45) is 6.00. The second-order valence-electron chi connectivity index (χ2n) is 4.26. The van der Waals surface area contributed by atoms with Crippen LogP contribution in [0.3, 0.4) is 0 Å². The summed E-state index contributed by atoms with van der Waals surface area (Å²) in [5.41, 5.74) is 0.740. The van der Waals surface area contributed by atoms with Gasteiger partial charge in [0.05, 0.1) is 5.69 Å². The quantitative estimate of drug-likeness (QED) is 0.889. The van der Waals surface area contributed by atoms with Crippen LogP contribution >= 0.6 is 23.1 Å². The van der Waals surface area contributed by atoms with Crippen LogP contribution in [0.25, 0.3) is 0 Å². The molecule has 2 rings (SSSR count). The predicted octanol–water partition coefficient (Wildman–Crippen LogP) is 3.58. The maximum absolute atomic E-state index is 11.0. The van der Waals surface area contributed by atoms with Crippen LogP contribution in [-0.2, 0) is 12.2 Å². The molecule has 0 aliphatic heterocycles. The molecular formula is C12H17NO2S2. The number of aryl methyl sites for hydroxylation is 1. The highest BCUT2D eigenvalue weighted by Crippen LogP contribution is 2.33. The molecule has 1 aliphatic carbocycles. The third-order valence-electron chi connectivity index (χ3n) is 3.02. The minimum atomic E-state index is -0.837. The summed E-state index contributed by atoms with van der Waals surface area (Å²) in [5, 5.41) is 10.8. The number of aromatic nitrogens is 1. The molecule has 0 amide bonds. The largest absolute Gasteiger partial charge is 0.477 e. The molecule has 17 heavy (non-hydrogen) atoms. The highest BCUT2D eigenvalue weighted by molar-refractivity contribution is 7.99. The number of hydrogen-bond acceptors (Lipinski definition) is 4. The van der Waals surface area contributed by atoms with Gasteiger partial charge in [-0.3, -0.25) is 0 Å². The van der Waals surface area contributed by atoms with E-state index >= 15 is 0 Å². The van der Waals surface area contributed by atoms with E-state index in [0.29, 0.717) is 11.3 Å². The Morgan fingerprint density at radius 1 is 1.53 bits per heavy atom. The number of carboxylic acid groups (broad SMARTS) is 1. The molecule has 0 radical (unpaired) electrons. The first-order valence-electron chi connectivity index (χ1n) is 6.04. The van der Waals surface area contributed by atoms with Crippen molar-refractivity contribution < 1.29 is 9.90 Å². The fourth-order valence-corrected chi connectivity index (χ4v) is 4.45. The summed E-state index contributed by atoms with van der Waals surface area (Å²) in [7, 11) is 0. The van der Waals surface area contributed by atoms with Gasteiger partial charge in [0.15, 0.2) is 0 Å². The van der Waals surface area contributed by atoms with E-state index in [1.165, 1.54) is 37.0 Å². The zero-order valence-electron chi connectivity index (χ0n) is 9.94. The molecule has 1 fully saturated rings. The molecule has 5 heteroatoms. The van der Waals surface area contributed by atoms with Crippen molar-refractivity contribution in [2.75, 3.05) is 0 Å². The van der Waals surface area contributed by atoms with Crippen LogP contribution in [0.2, 0.25) is 0 Å². The van der Waals surface area contributed by atoms with Gasteiger partial charge in [-0.1, -0.05) is 19.8 Å². The average molecular weight is 271 g/mol. The van der Waals surface area contributed by atoms with Crippen molar-refractivity contribution in [1.29, 1.82) is 0 Å². The van der Waals surface area contributed by atoms with E-state index in [1.807, 2.05) is 18.7 Å². The van der Waals surface area contributed by atoms with Crippen LogP contribution in [0.5, 0.6) is 0 Å². The smallest absolute Gasteiger partial charge is 0.347 e. The maximum Gasteiger partial charge on any atom is 0.347 e. The van der Waals surface area contributed by atoms with E-state index in [-0.39, 0.29) is 0 Å². The maximum atomic E-state index is 11.0. The fourth-order valence-electron chi connectivity index (χ4n) is 2.11. The van der Waals surface area contributed by atoms with Crippen LogP contribution < -0.4 is 0 Å². The Bertz CT molecular complexity index is 397. The summed E-state index contributed by atoms with van der Waals surface area (Å²) in [5.74, 6) is 0.0340. The molecule has 1 N–H and O–H groups in total. The van der Waals surface area contributed by atoms with Crippen LogP contribution in [-0.4, -0.2) is 21.3 Å².